The summed E-state index contributed by atoms with van der Waals surface area (Å²) >= 11 is 14.8. The zero-order valence-electron chi connectivity index (χ0n) is 38.2. The molecule has 2 fully saturated rings. The van der Waals surface area contributed by atoms with Crippen LogP contribution in [0.15, 0.2) is 61.2 Å². The Labute approximate surface area is 414 Å². The second kappa shape index (κ2) is 22.1. The summed E-state index contributed by atoms with van der Waals surface area (Å²) in [5, 5.41) is 31.4. The summed E-state index contributed by atoms with van der Waals surface area (Å²) in [6.07, 6.45) is 12.5. The molecule has 2 amide bonds. The number of hydrogen-bond acceptors (Lipinski definition) is 18. The number of nitrogens with zero attached hydrogens (tertiary/aromatic N) is 9. The number of methoxy groups -OCH3 is 2. The van der Waals surface area contributed by atoms with E-state index in [9.17, 15) is 14.8 Å². The molecule has 0 bridgehead atoms. The molecule has 0 unspecified atom stereocenters. The molecule has 0 atom stereocenters. The summed E-state index contributed by atoms with van der Waals surface area (Å²) in [4.78, 5) is 40.9. The van der Waals surface area contributed by atoms with Gasteiger partial charge in [-0.25, -0.2) is 38.3 Å². The number of anilines is 4. The molecule has 0 aliphatic heterocycles. The molecule has 20 nitrogen and oxygen atoms in total. The van der Waals surface area contributed by atoms with Gasteiger partial charge in [-0.3, -0.25) is 20.0 Å². The largest absolute Gasteiger partial charge is 0.453 e. The molecule has 0 saturated heterocycles. The molecule has 8 rings (SSSR count). The van der Waals surface area contributed by atoms with Crippen LogP contribution in [0, 0.1) is 11.6 Å². The van der Waals surface area contributed by atoms with Crippen molar-refractivity contribution in [1.29, 1.82) is 0 Å². The van der Waals surface area contributed by atoms with Crippen LogP contribution < -0.4 is 31.4 Å². The van der Waals surface area contributed by atoms with E-state index in [-0.39, 0.29) is 33.1 Å². The van der Waals surface area contributed by atoms with Gasteiger partial charge in [-0.05, 0) is 85.5 Å². The van der Waals surface area contributed by atoms with Gasteiger partial charge in [0, 0.05) is 96.3 Å². The Balaban J connectivity index is 0.000000204. The molecular formula is C43H49Cl2F2N15O5S2. The van der Waals surface area contributed by atoms with Crippen molar-refractivity contribution in [3.63, 3.8) is 0 Å². The summed E-state index contributed by atoms with van der Waals surface area (Å²) in [5.41, 5.74) is 5.50. The highest BCUT2D eigenvalue weighted by molar-refractivity contribution is 7.99. The molecule has 7 N–H and O–H groups in total. The number of amides is 2. The molecule has 0 spiro atoms. The highest BCUT2D eigenvalue weighted by Crippen LogP contribution is 2.40. The van der Waals surface area contributed by atoms with Gasteiger partial charge in [-0.15, -0.1) is 0 Å². The Bertz CT molecular complexity index is 2820. The van der Waals surface area contributed by atoms with E-state index in [1.54, 1.807) is 65.7 Å². The third-order valence-electron chi connectivity index (χ3n) is 10.9. The maximum Gasteiger partial charge on any atom is 0.407 e. The summed E-state index contributed by atoms with van der Waals surface area (Å²) < 4.78 is 47.0. The number of hydrogen-bond donors (Lipinski definition) is 7. The van der Waals surface area contributed by atoms with Crippen molar-refractivity contribution in [2.45, 2.75) is 50.2 Å². The number of aryl methyl sites for hydroxylation is 2. The van der Waals surface area contributed by atoms with Gasteiger partial charge in [0.15, 0.2) is 11.6 Å². The lowest BCUT2D eigenvalue weighted by atomic mass is 10.0. The number of halogens is 4. The van der Waals surface area contributed by atoms with E-state index in [1.807, 2.05) is 13.1 Å². The van der Waals surface area contributed by atoms with E-state index in [1.165, 1.54) is 44.4 Å². The average molecular weight is 1030 g/mol. The molecule has 4 heterocycles. The van der Waals surface area contributed by atoms with Crippen molar-refractivity contribution in [3.8, 4) is 45.0 Å². The van der Waals surface area contributed by atoms with E-state index in [0.29, 0.717) is 75.0 Å². The lowest BCUT2D eigenvalue weighted by molar-refractivity contribution is 0.0440. The number of ether oxygens (including phenoxy) is 2. The van der Waals surface area contributed by atoms with E-state index < -0.39 is 29.4 Å². The third-order valence-corrected chi connectivity index (χ3v) is 12.2. The smallest absolute Gasteiger partial charge is 0.407 e. The van der Waals surface area contributed by atoms with Crippen LogP contribution in [0.5, 0.6) is 0 Å². The Morgan fingerprint density at radius 1 is 0.783 bits per heavy atom. The molecule has 366 valence electrons. The number of nitrogens with one attached hydrogen (secondary N) is 6. The van der Waals surface area contributed by atoms with Gasteiger partial charge >= 0.3 is 12.2 Å². The van der Waals surface area contributed by atoms with E-state index >= 15 is 8.78 Å². The quantitative estimate of drug-likeness (QED) is 0.0315. The first kappa shape index (κ1) is 50.7. The second-order valence-corrected chi connectivity index (χ2v) is 18.0. The van der Waals surface area contributed by atoms with Gasteiger partial charge in [0.1, 0.15) is 11.4 Å². The standard InChI is InChI=1S/C22H25ClFN7O2S.C21H24ClFN8O3S/c1-4-31-11-15(19(29-31)14-9-13(23)10-17(18(14)24)30-34-3)16-5-8-25-20(27-16)26-12-22(6-7-22)28-21(32)33-2;1-30-10-14(18(29-30)13-8-12(22)9-16(17(13)23)28-31(33)35-3)15-4-7-24-19(26-15)25-11-21(5-6-21)27-20(32)34-2/h5,8-11,30H,4,6-7,12H2,1-3H3,(H,28,32)(H,25,26,27);4,7-10,28,33H,5-6,11H2,1-3H3,(H,27,32)(H,24,25,26). The van der Waals surface area contributed by atoms with Gasteiger partial charge in [0.05, 0.1) is 48.1 Å². The lowest BCUT2D eigenvalue weighted by Gasteiger charge is -2.17. The zero-order valence-corrected chi connectivity index (χ0v) is 41.3. The summed E-state index contributed by atoms with van der Waals surface area (Å²) in [6.45, 7) is 3.44. The Morgan fingerprint density at radius 3 is 1.75 bits per heavy atom. The predicted octanol–water partition coefficient (Wildman–Crippen LogP) is 8.74. The number of benzene rings is 2. The Hall–Kier alpha value is -6.18. The maximum atomic E-state index is 15.4. The third kappa shape index (κ3) is 12.5. The Kier molecular flexibility index (Phi) is 16.2. The van der Waals surface area contributed by atoms with Crippen molar-refractivity contribution in [2.24, 2.45) is 7.05 Å². The van der Waals surface area contributed by atoms with Gasteiger partial charge < -0.3 is 35.5 Å². The molecule has 2 aliphatic rings. The molecule has 2 aromatic carbocycles. The molecule has 26 heteroatoms. The zero-order chi connectivity index (χ0) is 49.5. The molecule has 0 radical (unpaired) electrons. The van der Waals surface area contributed by atoms with Crippen LogP contribution in [-0.4, -0.2) is 112 Å². The summed E-state index contributed by atoms with van der Waals surface area (Å²) in [6, 6.07) is 9.36. The Morgan fingerprint density at radius 2 is 1.28 bits per heavy atom. The molecule has 2 saturated carbocycles. The van der Waals surface area contributed by atoms with Gasteiger partial charge in [0.25, 0.3) is 0 Å². The number of rotatable bonds is 18. The number of alkyl carbamates (subject to hydrolysis) is 2. The van der Waals surface area contributed by atoms with Crippen LogP contribution in [0.3, 0.4) is 0 Å². The maximum absolute atomic E-state index is 15.4. The van der Waals surface area contributed by atoms with Gasteiger partial charge in [-0.2, -0.15) is 10.2 Å². The minimum Gasteiger partial charge on any atom is -0.453 e. The fourth-order valence-electron chi connectivity index (χ4n) is 7.00. The number of hydrazine groups is 1. The van der Waals surface area contributed by atoms with Crippen molar-refractivity contribution in [2.75, 3.05) is 60.6 Å². The monoisotopic (exact) mass is 1030 g/mol. The first-order valence-electron chi connectivity index (χ1n) is 21.2. The minimum absolute atomic E-state index is 0.0150. The van der Waals surface area contributed by atoms with Crippen LogP contribution in [-0.2, 0) is 23.1 Å². The number of aromatic nitrogens is 8. The van der Waals surface area contributed by atoms with E-state index in [4.69, 9.17) is 27.9 Å². The van der Waals surface area contributed by atoms with E-state index in [0.717, 1.165) is 37.6 Å². The van der Waals surface area contributed by atoms with Crippen molar-refractivity contribution >= 4 is 82.6 Å². The van der Waals surface area contributed by atoms with Crippen molar-refractivity contribution in [1.82, 2.24) is 54.7 Å². The van der Waals surface area contributed by atoms with Gasteiger partial charge in [-0.1, -0.05) is 35.1 Å². The number of carbonyl (C=O) groups excluding carboxylic acids is 2. The SMILES string of the molecule is CCn1cc(-c2ccnc(NCC3(NC(=O)OC)CC3)n2)c(-c2cc(Cl)cc(NSC)c2F)n1.COC(=O)NC1(CNc2nccc(-c3cn(C)nc3-c3cc(Cl)cc(NN(O)SC)c3F)n2)CC1. The fraction of sp³-hybridized carbons (Fsp3) is 0.349. The minimum atomic E-state index is -0.639. The highest BCUT2D eigenvalue weighted by atomic mass is 35.5. The molecule has 2 aliphatic carbocycles. The average Bonchev–Trinajstić information content (AvgIpc) is 4.21. The number of carbonyl (C=O) groups is 2. The van der Waals surface area contributed by atoms with Gasteiger partial charge in [0.2, 0.25) is 11.9 Å². The highest BCUT2D eigenvalue weighted by Gasteiger charge is 2.45. The first-order chi connectivity index (χ1) is 33.1. The second-order valence-electron chi connectivity index (χ2n) is 15.8. The van der Waals surface area contributed by atoms with Crippen LogP contribution >= 0.6 is 47.1 Å². The lowest BCUT2D eigenvalue weighted by Crippen LogP contribution is -2.42. The van der Waals surface area contributed by atoms with Crippen LogP contribution in [0.1, 0.15) is 32.6 Å². The topological polar surface area (TPSA) is 235 Å². The molecule has 6 aromatic rings. The fourth-order valence-corrected chi connectivity index (χ4v) is 7.99. The van der Waals surface area contributed by atoms with Crippen molar-refractivity contribution < 1.29 is 33.1 Å². The molecular weight excluding hydrogens is 980 g/mol. The summed E-state index contributed by atoms with van der Waals surface area (Å²) in [7, 11) is 4.37. The predicted molar refractivity (Wildman–Crippen MR) is 264 cm³/mol. The first-order valence-corrected chi connectivity index (χ1v) is 24.3. The van der Waals surface area contributed by atoms with E-state index in [2.05, 4.69) is 66.3 Å². The van der Waals surface area contributed by atoms with Crippen molar-refractivity contribution in [3.05, 3.63) is 82.9 Å². The van der Waals surface area contributed by atoms with Crippen LogP contribution in [0.2, 0.25) is 10.0 Å². The molecule has 4 aromatic heterocycles. The normalized spacial score (nSPS) is 14.0. The molecule has 69 heavy (non-hydrogen) atoms. The van der Waals surface area contributed by atoms with Crippen LogP contribution in [0.25, 0.3) is 45.0 Å². The summed E-state index contributed by atoms with van der Waals surface area (Å²) in [5.74, 6) is -0.347. The van der Waals surface area contributed by atoms with Crippen LogP contribution in [0.4, 0.5) is 41.6 Å².